The number of anilines is 3. The fourth-order valence-electron chi connectivity index (χ4n) is 1.43. The van der Waals surface area contributed by atoms with E-state index in [1.807, 2.05) is 25.1 Å². The maximum absolute atomic E-state index is 6.05. The van der Waals surface area contributed by atoms with Crippen LogP contribution < -0.4 is 10.6 Å². The zero-order valence-electron chi connectivity index (χ0n) is 9.66. The largest absolute Gasteiger partial charge is 0.357 e. The van der Waals surface area contributed by atoms with Crippen LogP contribution >= 0.6 is 11.6 Å². The molecule has 0 fully saturated rings. The first-order valence-electron chi connectivity index (χ1n) is 5.23. The molecule has 0 aliphatic rings. The Bertz CT molecular complexity index is 528. The van der Waals surface area contributed by atoms with E-state index < -0.39 is 0 Å². The number of rotatable bonds is 3. The average Bonchev–Trinajstić information content (AvgIpc) is 2.35. The van der Waals surface area contributed by atoms with Gasteiger partial charge < -0.3 is 10.6 Å². The van der Waals surface area contributed by atoms with Gasteiger partial charge in [-0.1, -0.05) is 17.7 Å². The van der Waals surface area contributed by atoms with Gasteiger partial charge in [-0.2, -0.15) is 4.98 Å². The molecule has 1 aromatic heterocycles. The summed E-state index contributed by atoms with van der Waals surface area (Å²) in [6.07, 6.45) is 1.70. The molecule has 4 nitrogen and oxygen atoms in total. The molecule has 88 valence electrons. The first-order chi connectivity index (χ1) is 8.20. The van der Waals surface area contributed by atoms with Gasteiger partial charge in [0, 0.05) is 24.0 Å². The second-order valence-corrected chi connectivity index (χ2v) is 3.96. The highest BCUT2D eigenvalue weighted by Crippen LogP contribution is 2.25. The molecule has 0 amide bonds. The Kier molecular flexibility index (Phi) is 3.44. The molecule has 5 heteroatoms. The highest BCUT2D eigenvalue weighted by atomic mass is 35.5. The van der Waals surface area contributed by atoms with E-state index in [9.17, 15) is 0 Å². The molecule has 0 radical (unpaired) electrons. The molecule has 0 aliphatic heterocycles. The van der Waals surface area contributed by atoms with Gasteiger partial charge in [0.15, 0.2) is 0 Å². The molecule has 2 N–H and O–H groups in total. The summed E-state index contributed by atoms with van der Waals surface area (Å²) in [4.78, 5) is 8.33. The zero-order valence-corrected chi connectivity index (χ0v) is 10.4. The molecule has 17 heavy (non-hydrogen) atoms. The van der Waals surface area contributed by atoms with Gasteiger partial charge in [-0.3, -0.25) is 0 Å². The summed E-state index contributed by atoms with van der Waals surface area (Å²) in [5.74, 6) is 1.31. The fourth-order valence-corrected chi connectivity index (χ4v) is 1.60. The monoisotopic (exact) mass is 248 g/mol. The third kappa shape index (κ3) is 2.65. The van der Waals surface area contributed by atoms with Crippen molar-refractivity contribution in [3.05, 3.63) is 41.0 Å². The minimum absolute atomic E-state index is 0.578. The fraction of sp³-hybridized carbons (Fsp3) is 0.167. The van der Waals surface area contributed by atoms with Gasteiger partial charge in [0.05, 0.1) is 0 Å². The van der Waals surface area contributed by atoms with E-state index in [1.54, 1.807) is 19.3 Å². The molecular weight excluding hydrogens is 236 g/mol. The van der Waals surface area contributed by atoms with Crippen LogP contribution in [0, 0.1) is 6.92 Å². The van der Waals surface area contributed by atoms with Crippen molar-refractivity contribution in [1.29, 1.82) is 0 Å². The van der Waals surface area contributed by atoms with Gasteiger partial charge in [-0.15, -0.1) is 0 Å². The molecule has 0 saturated carbocycles. The Morgan fingerprint density at radius 3 is 2.82 bits per heavy atom. The molecule has 0 spiro atoms. The van der Waals surface area contributed by atoms with Crippen LogP contribution in [0.1, 0.15) is 5.56 Å². The standard InChI is InChI=1S/C12H13ClN4/c1-8-9(13)4-3-5-10(8)16-11-6-7-15-12(14-2)17-11/h3-7H,1-2H3,(H2,14,15,16,17). The normalized spacial score (nSPS) is 10.1. The summed E-state index contributed by atoms with van der Waals surface area (Å²) in [6.45, 7) is 1.96. The minimum atomic E-state index is 0.578. The van der Waals surface area contributed by atoms with Gasteiger partial charge in [-0.05, 0) is 30.7 Å². The zero-order chi connectivity index (χ0) is 12.3. The van der Waals surface area contributed by atoms with Crippen molar-refractivity contribution in [2.75, 3.05) is 17.7 Å². The van der Waals surface area contributed by atoms with Gasteiger partial charge in [0.25, 0.3) is 0 Å². The number of hydrogen-bond acceptors (Lipinski definition) is 4. The van der Waals surface area contributed by atoms with E-state index in [4.69, 9.17) is 11.6 Å². The van der Waals surface area contributed by atoms with E-state index in [-0.39, 0.29) is 0 Å². The summed E-state index contributed by atoms with van der Waals surface area (Å²) in [6, 6.07) is 7.53. The van der Waals surface area contributed by atoms with Gasteiger partial charge in [-0.25, -0.2) is 4.98 Å². The molecule has 0 unspecified atom stereocenters. The predicted molar refractivity (Wildman–Crippen MR) is 71.1 cm³/mol. The van der Waals surface area contributed by atoms with Crippen LogP contribution in [0.5, 0.6) is 0 Å². The van der Waals surface area contributed by atoms with Crippen molar-refractivity contribution >= 4 is 29.1 Å². The van der Waals surface area contributed by atoms with Crippen LogP contribution in [0.15, 0.2) is 30.5 Å². The lowest BCUT2D eigenvalue weighted by atomic mass is 10.2. The summed E-state index contributed by atoms with van der Waals surface area (Å²) >= 11 is 6.05. The average molecular weight is 249 g/mol. The predicted octanol–water partition coefficient (Wildman–Crippen LogP) is 3.22. The maximum atomic E-state index is 6.05. The number of hydrogen-bond donors (Lipinski definition) is 2. The molecule has 0 saturated heterocycles. The molecule has 0 bridgehead atoms. The van der Waals surface area contributed by atoms with E-state index >= 15 is 0 Å². The second kappa shape index (κ2) is 5.01. The van der Waals surface area contributed by atoms with Crippen LogP contribution in [0.4, 0.5) is 17.5 Å². The molecule has 1 heterocycles. The van der Waals surface area contributed by atoms with Crippen molar-refractivity contribution in [3.8, 4) is 0 Å². The maximum Gasteiger partial charge on any atom is 0.224 e. The Hall–Kier alpha value is -1.81. The van der Waals surface area contributed by atoms with Crippen LogP contribution in [-0.4, -0.2) is 17.0 Å². The SMILES string of the molecule is CNc1nccc(Nc2cccc(Cl)c2C)n1. The summed E-state index contributed by atoms with van der Waals surface area (Å²) in [7, 11) is 1.78. The van der Waals surface area contributed by atoms with Crippen molar-refractivity contribution in [3.63, 3.8) is 0 Å². The van der Waals surface area contributed by atoms with Crippen LogP contribution in [-0.2, 0) is 0 Å². The molecule has 2 aromatic rings. The quantitative estimate of drug-likeness (QED) is 0.876. The van der Waals surface area contributed by atoms with E-state index in [0.717, 1.165) is 22.1 Å². The lowest BCUT2D eigenvalue weighted by molar-refractivity contribution is 1.15. The number of nitrogens with zero attached hydrogens (tertiary/aromatic N) is 2. The number of halogens is 1. The van der Waals surface area contributed by atoms with Crippen molar-refractivity contribution in [2.24, 2.45) is 0 Å². The Labute approximate surface area is 105 Å². The third-order valence-corrected chi connectivity index (χ3v) is 2.82. The first kappa shape index (κ1) is 11.7. The van der Waals surface area contributed by atoms with Crippen molar-refractivity contribution in [1.82, 2.24) is 9.97 Å². The lowest BCUT2D eigenvalue weighted by Crippen LogP contribution is -2.00. The highest BCUT2D eigenvalue weighted by molar-refractivity contribution is 6.31. The van der Waals surface area contributed by atoms with Crippen molar-refractivity contribution < 1.29 is 0 Å². The molecular formula is C12H13ClN4. The Balaban J connectivity index is 2.28. The van der Waals surface area contributed by atoms with E-state index in [1.165, 1.54) is 0 Å². The van der Waals surface area contributed by atoms with Crippen LogP contribution in [0.3, 0.4) is 0 Å². The van der Waals surface area contributed by atoms with Gasteiger partial charge in [0.1, 0.15) is 5.82 Å². The van der Waals surface area contributed by atoms with Crippen molar-refractivity contribution in [2.45, 2.75) is 6.92 Å². The second-order valence-electron chi connectivity index (χ2n) is 3.55. The lowest BCUT2D eigenvalue weighted by Gasteiger charge is -2.10. The number of nitrogens with one attached hydrogen (secondary N) is 2. The molecule has 0 atom stereocenters. The molecule has 0 aliphatic carbocycles. The van der Waals surface area contributed by atoms with Crippen LogP contribution in [0.25, 0.3) is 0 Å². The number of aromatic nitrogens is 2. The summed E-state index contributed by atoms with van der Waals surface area (Å²) in [5, 5.41) is 6.84. The van der Waals surface area contributed by atoms with E-state index in [2.05, 4.69) is 20.6 Å². The van der Waals surface area contributed by atoms with Gasteiger partial charge >= 0.3 is 0 Å². The minimum Gasteiger partial charge on any atom is -0.357 e. The number of benzene rings is 1. The highest BCUT2D eigenvalue weighted by Gasteiger charge is 2.03. The van der Waals surface area contributed by atoms with E-state index in [0.29, 0.717) is 5.95 Å². The van der Waals surface area contributed by atoms with Gasteiger partial charge in [0.2, 0.25) is 5.95 Å². The smallest absolute Gasteiger partial charge is 0.224 e. The topological polar surface area (TPSA) is 49.8 Å². The van der Waals surface area contributed by atoms with Crippen LogP contribution in [0.2, 0.25) is 5.02 Å². The summed E-state index contributed by atoms with van der Waals surface area (Å²) < 4.78 is 0. The Morgan fingerprint density at radius 2 is 2.06 bits per heavy atom. The molecule has 2 rings (SSSR count). The molecule has 1 aromatic carbocycles. The Morgan fingerprint density at radius 1 is 1.24 bits per heavy atom. The first-order valence-corrected chi connectivity index (χ1v) is 5.61. The summed E-state index contributed by atoms with van der Waals surface area (Å²) in [5.41, 5.74) is 1.94. The third-order valence-electron chi connectivity index (χ3n) is 2.41.